The summed E-state index contributed by atoms with van der Waals surface area (Å²) in [5.41, 5.74) is 1.99. The number of benzene rings is 2. The number of methoxy groups -OCH3 is 1. The number of esters is 1. The molecule has 1 amide bonds. The second kappa shape index (κ2) is 8.62. The van der Waals surface area contributed by atoms with Crippen LogP contribution in [0.25, 0.3) is 11.1 Å². The average molecular weight is 405 g/mol. The van der Waals surface area contributed by atoms with Gasteiger partial charge in [0, 0.05) is 6.42 Å². The summed E-state index contributed by atoms with van der Waals surface area (Å²) in [5.74, 6) is -1.29. The molecular formula is C19H17ClN2O6. The molecule has 0 saturated carbocycles. The molecule has 2 N–H and O–H groups in total. The Balaban J connectivity index is 1.70. The van der Waals surface area contributed by atoms with Gasteiger partial charge >= 0.3 is 17.8 Å². The van der Waals surface area contributed by atoms with Crippen LogP contribution in [0.15, 0.2) is 51.7 Å². The zero-order chi connectivity index (χ0) is 20.1. The maximum absolute atomic E-state index is 12.1. The maximum Gasteiger partial charge on any atom is 0.417 e. The highest BCUT2D eigenvalue weighted by atomic mass is 35.5. The highest BCUT2D eigenvalue weighted by Crippen LogP contribution is 2.23. The van der Waals surface area contributed by atoms with Gasteiger partial charge in [0.05, 0.1) is 12.1 Å². The number of fused-ring (bicyclic) bond motifs is 1. The molecule has 0 aliphatic carbocycles. The quantitative estimate of drug-likeness (QED) is 0.611. The second-order valence-corrected chi connectivity index (χ2v) is 6.36. The van der Waals surface area contributed by atoms with Crippen molar-refractivity contribution < 1.29 is 23.5 Å². The normalized spacial score (nSPS) is 11.8. The Kier molecular flexibility index (Phi) is 6.00. The first-order valence-electron chi connectivity index (χ1n) is 8.32. The van der Waals surface area contributed by atoms with Gasteiger partial charge in [-0.15, -0.1) is 0 Å². The third-order valence-electron chi connectivity index (χ3n) is 3.97. The minimum atomic E-state index is -1.01. The SMILES string of the molecule is COC(=O)C(Cc1cc(Cl)c2[nH]c(=O)oc2c1)NC(=O)OCc1ccccc1. The van der Waals surface area contributed by atoms with Crippen molar-refractivity contribution in [2.24, 2.45) is 0 Å². The first-order chi connectivity index (χ1) is 13.5. The predicted molar refractivity (Wildman–Crippen MR) is 101 cm³/mol. The molecule has 1 unspecified atom stereocenters. The molecule has 9 heteroatoms. The summed E-state index contributed by atoms with van der Waals surface area (Å²) >= 11 is 6.14. The van der Waals surface area contributed by atoms with Gasteiger partial charge in [0.1, 0.15) is 18.2 Å². The molecule has 0 aliphatic heterocycles. The molecule has 8 nitrogen and oxygen atoms in total. The fourth-order valence-corrected chi connectivity index (χ4v) is 2.94. The first-order valence-corrected chi connectivity index (χ1v) is 8.70. The molecule has 0 radical (unpaired) electrons. The number of alkyl carbamates (subject to hydrolysis) is 1. The standard InChI is InChI=1S/C19H17ClN2O6/c1-26-17(23)14(21-18(24)27-10-11-5-3-2-4-6-11)8-12-7-13(20)16-15(9-12)28-19(25)22-16/h2-7,9,14H,8,10H2,1H3,(H,21,24)(H,22,25). The number of aromatic amines is 1. The van der Waals surface area contributed by atoms with Gasteiger partial charge in [0.2, 0.25) is 0 Å². The lowest BCUT2D eigenvalue weighted by Crippen LogP contribution is -2.43. The van der Waals surface area contributed by atoms with E-state index < -0.39 is 23.9 Å². The van der Waals surface area contributed by atoms with Crippen LogP contribution in [0.4, 0.5) is 4.79 Å². The number of ether oxygens (including phenoxy) is 2. The number of carbonyl (C=O) groups excluding carboxylic acids is 2. The fourth-order valence-electron chi connectivity index (χ4n) is 2.66. The van der Waals surface area contributed by atoms with Gasteiger partial charge in [-0.05, 0) is 23.3 Å². The van der Waals surface area contributed by atoms with Gasteiger partial charge in [-0.25, -0.2) is 14.4 Å². The van der Waals surface area contributed by atoms with Crippen LogP contribution in [0.5, 0.6) is 0 Å². The summed E-state index contributed by atoms with van der Waals surface area (Å²) in [4.78, 5) is 38.0. The molecule has 28 heavy (non-hydrogen) atoms. The van der Waals surface area contributed by atoms with Crippen molar-refractivity contribution in [2.45, 2.75) is 19.1 Å². The summed E-state index contributed by atoms with van der Waals surface area (Å²) < 4.78 is 14.9. The number of halogens is 1. The van der Waals surface area contributed by atoms with Crippen molar-refractivity contribution >= 4 is 34.8 Å². The summed E-state index contributed by atoms with van der Waals surface area (Å²) in [6, 6.07) is 11.3. The Bertz CT molecular complexity index is 1040. The second-order valence-electron chi connectivity index (χ2n) is 5.95. The third kappa shape index (κ3) is 4.72. The van der Waals surface area contributed by atoms with E-state index in [9.17, 15) is 14.4 Å². The highest BCUT2D eigenvalue weighted by Gasteiger charge is 2.23. The minimum Gasteiger partial charge on any atom is -0.467 e. The zero-order valence-electron chi connectivity index (χ0n) is 14.9. The van der Waals surface area contributed by atoms with E-state index in [4.69, 9.17) is 25.5 Å². The fraction of sp³-hybridized carbons (Fsp3) is 0.211. The van der Waals surface area contributed by atoms with E-state index in [-0.39, 0.29) is 23.6 Å². The molecule has 1 heterocycles. The van der Waals surface area contributed by atoms with Crippen molar-refractivity contribution in [3.8, 4) is 0 Å². The van der Waals surface area contributed by atoms with E-state index in [0.717, 1.165) is 5.56 Å². The van der Waals surface area contributed by atoms with Crippen LogP contribution < -0.4 is 11.1 Å². The minimum absolute atomic E-state index is 0.0624. The van der Waals surface area contributed by atoms with E-state index in [1.807, 2.05) is 30.3 Å². The summed E-state index contributed by atoms with van der Waals surface area (Å²) in [7, 11) is 1.22. The molecule has 3 aromatic rings. The van der Waals surface area contributed by atoms with Crippen molar-refractivity contribution in [1.82, 2.24) is 10.3 Å². The largest absolute Gasteiger partial charge is 0.467 e. The van der Waals surface area contributed by atoms with Crippen molar-refractivity contribution in [1.29, 1.82) is 0 Å². The van der Waals surface area contributed by atoms with E-state index in [2.05, 4.69) is 10.3 Å². The van der Waals surface area contributed by atoms with Gasteiger partial charge in [0.15, 0.2) is 5.58 Å². The number of nitrogens with one attached hydrogen (secondary N) is 2. The maximum atomic E-state index is 12.1. The predicted octanol–water partition coefficient (Wildman–Crippen LogP) is 2.79. The Morgan fingerprint density at radius 2 is 1.96 bits per heavy atom. The van der Waals surface area contributed by atoms with Gasteiger partial charge < -0.3 is 19.2 Å². The zero-order valence-corrected chi connectivity index (χ0v) is 15.6. The van der Waals surface area contributed by atoms with Crippen LogP contribution in [0, 0.1) is 0 Å². The Labute approximate surface area is 164 Å². The molecule has 0 spiro atoms. The molecule has 0 bridgehead atoms. The van der Waals surface area contributed by atoms with Crippen LogP contribution in [-0.2, 0) is 27.3 Å². The topological polar surface area (TPSA) is 111 Å². The smallest absolute Gasteiger partial charge is 0.417 e. The third-order valence-corrected chi connectivity index (χ3v) is 4.27. The first kappa shape index (κ1) is 19.5. The van der Waals surface area contributed by atoms with Crippen LogP contribution in [0.1, 0.15) is 11.1 Å². The molecule has 2 aromatic carbocycles. The van der Waals surface area contributed by atoms with Crippen LogP contribution in [0.2, 0.25) is 5.02 Å². The van der Waals surface area contributed by atoms with Crippen molar-refractivity contribution in [3.63, 3.8) is 0 Å². The van der Waals surface area contributed by atoms with Gasteiger partial charge in [0.25, 0.3) is 0 Å². The monoisotopic (exact) mass is 404 g/mol. The molecule has 1 aromatic heterocycles. The van der Waals surface area contributed by atoms with E-state index in [0.29, 0.717) is 11.1 Å². The molecule has 1 atom stereocenters. The van der Waals surface area contributed by atoms with Gasteiger partial charge in [-0.1, -0.05) is 41.9 Å². The Morgan fingerprint density at radius 1 is 1.21 bits per heavy atom. The Morgan fingerprint density at radius 3 is 2.68 bits per heavy atom. The number of amides is 1. The van der Waals surface area contributed by atoms with Gasteiger partial charge in [-0.2, -0.15) is 0 Å². The highest BCUT2D eigenvalue weighted by molar-refractivity contribution is 6.34. The molecule has 0 fully saturated rings. The van der Waals surface area contributed by atoms with Crippen molar-refractivity contribution in [2.75, 3.05) is 7.11 Å². The number of H-pyrrole nitrogens is 1. The van der Waals surface area contributed by atoms with E-state index in [1.54, 1.807) is 12.1 Å². The lowest BCUT2D eigenvalue weighted by atomic mass is 10.1. The lowest BCUT2D eigenvalue weighted by Gasteiger charge is -2.16. The number of hydrogen-bond donors (Lipinski definition) is 2. The summed E-state index contributed by atoms with van der Waals surface area (Å²) in [6.07, 6.45) is -0.697. The van der Waals surface area contributed by atoms with Crippen molar-refractivity contribution in [3.05, 3.63) is 69.2 Å². The molecule has 0 saturated heterocycles. The van der Waals surface area contributed by atoms with Crippen LogP contribution in [0.3, 0.4) is 0 Å². The molecular weight excluding hydrogens is 388 g/mol. The lowest BCUT2D eigenvalue weighted by molar-refractivity contribution is -0.143. The van der Waals surface area contributed by atoms with Gasteiger partial charge in [-0.3, -0.25) is 4.98 Å². The number of oxazole rings is 1. The average Bonchev–Trinajstić information content (AvgIpc) is 3.07. The number of rotatable bonds is 6. The summed E-state index contributed by atoms with van der Waals surface area (Å²) in [5, 5.41) is 2.74. The molecule has 146 valence electrons. The molecule has 3 rings (SSSR count). The number of hydrogen-bond acceptors (Lipinski definition) is 6. The number of carbonyl (C=O) groups is 2. The number of aromatic nitrogens is 1. The molecule has 0 aliphatic rings. The van der Waals surface area contributed by atoms with Crippen LogP contribution >= 0.6 is 11.6 Å². The van der Waals surface area contributed by atoms with E-state index >= 15 is 0 Å². The van der Waals surface area contributed by atoms with Crippen LogP contribution in [-0.4, -0.2) is 30.2 Å². The summed E-state index contributed by atoms with van der Waals surface area (Å²) in [6.45, 7) is 0.0624. The Hall–Kier alpha value is -3.26. The van der Waals surface area contributed by atoms with E-state index in [1.165, 1.54) is 7.11 Å².